The van der Waals surface area contributed by atoms with Crippen molar-refractivity contribution in [1.29, 1.82) is 0 Å². The van der Waals surface area contributed by atoms with Gasteiger partial charge in [0.2, 0.25) is 11.8 Å². The molecule has 1 atom stereocenters. The lowest BCUT2D eigenvalue weighted by atomic mass is 9.94. The van der Waals surface area contributed by atoms with Gasteiger partial charge in [0.25, 0.3) is 0 Å². The molecule has 2 amide bonds. The molecule has 116 valence electrons. The first-order valence-electron chi connectivity index (χ1n) is 7.58. The van der Waals surface area contributed by atoms with Crippen LogP contribution in [0.4, 0.5) is 0 Å². The number of nitrogens with one attached hydrogen (secondary N) is 1. The zero-order valence-corrected chi connectivity index (χ0v) is 13.8. The van der Waals surface area contributed by atoms with E-state index in [9.17, 15) is 9.59 Å². The highest BCUT2D eigenvalue weighted by atomic mass is 32.1. The van der Waals surface area contributed by atoms with Crippen LogP contribution >= 0.6 is 11.3 Å². The number of carbonyl (C=O) groups excluding carboxylic acids is 2. The Balaban J connectivity index is 1.93. The Morgan fingerprint density at radius 3 is 2.48 bits per heavy atom. The zero-order chi connectivity index (χ0) is 15.4. The van der Waals surface area contributed by atoms with Gasteiger partial charge in [-0.25, -0.2) is 0 Å². The SMILES string of the molecule is CC(=O)N1CCC(C(=O)N[C@@H](c2cccs2)C(C)C)CC1. The molecule has 21 heavy (non-hydrogen) atoms. The molecule has 1 aromatic rings. The molecule has 1 aliphatic heterocycles. The van der Waals surface area contributed by atoms with Crippen molar-refractivity contribution in [2.75, 3.05) is 13.1 Å². The smallest absolute Gasteiger partial charge is 0.223 e. The van der Waals surface area contributed by atoms with E-state index in [0.717, 1.165) is 12.8 Å². The van der Waals surface area contributed by atoms with Crippen LogP contribution < -0.4 is 5.32 Å². The normalized spacial score (nSPS) is 17.8. The molecule has 0 bridgehead atoms. The van der Waals surface area contributed by atoms with Crippen molar-refractivity contribution in [1.82, 2.24) is 10.2 Å². The molecule has 2 rings (SSSR count). The van der Waals surface area contributed by atoms with Crippen molar-refractivity contribution in [3.05, 3.63) is 22.4 Å². The maximum Gasteiger partial charge on any atom is 0.223 e. The van der Waals surface area contributed by atoms with Gasteiger partial charge in [-0.15, -0.1) is 11.3 Å². The molecule has 0 spiro atoms. The lowest BCUT2D eigenvalue weighted by Crippen LogP contribution is -2.43. The summed E-state index contributed by atoms with van der Waals surface area (Å²) in [6, 6.07) is 4.18. The summed E-state index contributed by atoms with van der Waals surface area (Å²) in [4.78, 5) is 26.8. The number of likely N-dealkylation sites (tertiary alicyclic amines) is 1. The molecule has 4 nitrogen and oxygen atoms in total. The van der Waals surface area contributed by atoms with Gasteiger partial charge in [0, 0.05) is 30.8 Å². The Morgan fingerprint density at radius 2 is 2.00 bits per heavy atom. The Kier molecular flexibility index (Phi) is 5.39. The van der Waals surface area contributed by atoms with Gasteiger partial charge < -0.3 is 10.2 Å². The van der Waals surface area contributed by atoms with E-state index in [2.05, 4.69) is 25.2 Å². The van der Waals surface area contributed by atoms with Gasteiger partial charge in [-0.1, -0.05) is 19.9 Å². The second-order valence-corrected chi connectivity index (χ2v) is 7.01. The molecule has 1 fully saturated rings. The number of hydrogen-bond acceptors (Lipinski definition) is 3. The number of amides is 2. The van der Waals surface area contributed by atoms with Crippen LogP contribution in [0, 0.1) is 11.8 Å². The molecule has 5 heteroatoms. The molecule has 1 aromatic heterocycles. The van der Waals surface area contributed by atoms with Crippen molar-refractivity contribution in [2.45, 2.75) is 39.7 Å². The maximum absolute atomic E-state index is 12.5. The predicted octanol–water partition coefficient (Wildman–Crippen LogP) is 2.82. The average Bonchev–Trinajstić information content (AvgIpc) is 2.98. The number of carbonyl (C=O) groups is 2. The third-order valence-corrected chi connectivity index (χ3v) is 5.08. The van der Waals surface area contributed by atoms with Gasteiger partial charge in [-0.05, 0) is 30.2 Å². The minimum Gasteiger partial charge on any atom is -0.348 e. The fraction of sp³-hybridized carbons (Fsp3) is 0.625. The molecule has 0 unspecified atom stereocenters. The van der Waals surface area contributed by atoms with Crippen molar-refractivity contribution >= 4 is 23.2 Å². The number of thiophene rings is 1. The van der Waals surface area contributed by atoms with Crippen LogP contribution in [0.1, 0.15) is 44.5 Å². The van der Waals surface area contributed by atoms with Crippen molar-refractivity contribution in [3.63, 3.8) is 0 Å². The van der Waals surface area contributed by atoms with Crippen molar-refractivity contribution in [3.8, 4) is 0 Å². The fourth-order valence-corrected chi connectivity index (χ4v) is 3.71. The first kappa shape index (κ1) is 16.0. The highest BCUT2D eigenvalue weighted by Crippen LogP contribution is 2.27. The molecular formula is C16H24N2O2S. The van der Waals surface area contributed by atoms with Crippen LogP contribution in [-0.2, 0) is 9.59 Å². The molecule has 2 heterocycles. The largest absolute Gasteiger partial charge is 0.348 e. The maximum atomic E-state index is 12.5. The Morgan fingerprint density at radius 1 is 1.33 bits per heavy atom. The summed E-state index contributed by atoms with van der Waals surface area (Å²) in [5, 5.41) is 5.24. The molecule has 0 radical (unpaired) electrons. The van der Waals surface area contributed by atoms with E-state index in [-0.39, 0.29) is 23.8 Å². The second-order valence-electron chi connectivity index (χ2n) is 6.03. The Hall–Kier alpha value is -1.36. The summed E-state index contributed by atoms with van der Waals surface area (Å²) >= 11 is 1.68. The van der Waals surface area contributed by atoms with E-state index < -0.39 is 0 Å². The van der Waals surface area contributed by atoms with Gasteiger partial charge in [0.1, 0.15) is 0 Å². The summed E-state index contributed by atoms with van der Waals surface area (Å²) in [6.45, 7) is 7.23. The van der Waals surface area contributed by atoms with Crippen LogP contribution in [0.3, 0.4) is 0 Å². The predicted molar refractivity (Wildman–Crippen MR) is 85.0 cm³/mol. The number of nitrogens with zero attached hydrogens (tertiary/aromatic N) is 1. The minimum atomic E-state index is 0.0295. The third kappa shape index (κ3) is 4.06. The lowest BCUT2D eigenvalue weighted by Gasteiger charge is -2.32. The van der Waals surface area contributed by atoms with E-state index in [0.29, 0.717) is 19.0 Å². The molecule has 1 N–H and O–H groups in total. The molecular weight excluding hydrogens is 284 g/mol. The molecule has 0 aliphatic carbocycles. The summed E-state index contributed by atoms with van der Waals surface area (Å²) in [6.07, 6.45) is 1.53. The Labute approximate surface area is 130 Å². The van der Waals surface area contributed by atoms with E-state index >= 15 is 0 Å². The fourth-order valence-electron chi connectivity index (χ4n) is 2.76. The number of piperidine rings is 1. The van der Waals surface area contributed by atoms with Gasteiger partial charge in [0.05, 0.1) is 6.04 Å². The average molecular weight is 308 g/mol. The van der Waals surface area contributed by atoms with Gasteiger partial charge in [-0.3, -0.25) is 9.59 Å². The van der Waals surface area contributed by atoms with Crippen molar-refractivity contribution in [2.24, 2.45) is 11.8 Å². The number of hydrogen-bond donors (Lipinski definition) is 1. The van der Waals surface area contributed by atoms with Crippen molar-refractivity contribution < 1.29 is 9.59 Å². The van der Waals surface area contributed by atoms with E-state index in [1.807, 2.05) is 16.3 Å². The summed E-state index contributed by atoms with van der Waals surface area (Å²) in [7, 11) is 0. The van der Waals surface area contributed by atoms with E-state index in [1.54, 1.807) is 18.3 Å². The highest BCUT2D eigenvalue weighted by molar-refractivity contribution is 7.10. The van der Waals surface area contributed by atoms with Crippen LogP contribution in [0.15, 0.2) is 17.5 Å². The first-order chi connectivity index (χ1) is 9.99. The summed E-state index contributed by atoms with van der Waals surface area (Å²) in [5.74, 6) is 0.629. The van der Waals surface area contributed by atoms with Crippen LogP contribution in [-0.4, -0.2) is 29.8 Å². The topological polar surface area (TPSA) is 49.4 Å². The van der Waals surface area contributed by atoms with Crippen LogP contribution in [0.5, 0.6) is 0 Å². The van der Waals surface area contributed by atoms with E-state index in [1.165, 1.54) is 4.88 Å². The molecule has 1 aliphatic rings. The Bertz CT molecular complexity index is 476. The quantitative estimate of drug-likeness (QED) is 0.930. The molecule has 1 saturated heterocycles. The molecule has 0 saturated carbocycles. The first-order valence-corrected chi connectivity index (χ1v) is 8.46. The van der Waals surface area contributed by atoms with Gasteiger partial charge in [0.15, 0.2) is 0 Å². The zero-order valence-electron chi connectivity index (χ0n) is 13.0. The second kappa shape index (κ2) is 7.07. The van der Waals surface area contributed by atoms with Crippen LogP contribution in [0.2, 0.25) is 0 Å². The summed E-state index contributed by atoms with van der Waals surface area (Å²) < 4.78 is 0. The lowest BCUT2D eigenvalue weighted by molar-refractivity contribution is -0.134. The van der Waals surface area contributed by atoms with Gasteiger partial charge >= 0.3 is 0 Å². The highest BCUT2D eigenvalue weighted by Gasteiger charge is 2.28. The van der Waals surface area contributed by atoms with Gasteiger partial charge in [-0.2, -0.15) is 0 Å². The molecule has 0 aromatic carbocycles. The monoisotopic (exact) mass is 308 g/mol. The standard InChI is InChI=1S/C16H24N2O2S/c1-11(2)15(14-5-4-10-21-14)17-16(20)13-6-8-18(9-7-13)12(3)19/h4-5,10-11,13,15H,6-9H2,1-3H3,(H,17,20)/t15-/m1/s1. The van der Waals surface area contributed by atoms with E-state index in [4.69, 9.17) is 0 Å². The minimum absolute atomic E-state index is 0.0295. The number of rotatable bonds is 4. The van der Waals surface area contributed by atoms with Crippen LogP contribution in [0.25, 0.3) is 0 Å². The summed E-state index contributed by atoms with van der Waals surface area (Å²) in [5.41, 5.74) is 0. The third-order valence-electron chi connectivity index (χ3n) is 4.13.